The summed E-state index contributed by atoms with van der Waals surface area (Å²) >= 11 is 0. The van der Waals surface area contributed by atoms with E-state index >= 15 is 0 Å². The van der Waals surface area contributed by atoms with Crippen molar-refractivity contribution in [2.75, 3.05) is 0 Å². The van der Waals surface area contributed by atoms with Gasteiger partial charge in [0.15, 0.2) is 0 Å². The van der Waals surface area contributed by atoms with Gasteiger partial charge >= 0.3 is 11.9 Å². The van der Waals surface area contributed by atoms with Gasteiger partial charge < -0.3 is 9.47 Å². The highest BCUT2D eigenvalue weighted by atomic mass is 16.7. The average molecular weight is 286 g/mol. The topological polar surface area (TPSA) is 52.6 Å². The van der Waals surface area contributed by atoms with Gasteiger partial charge in [0.05, 0.1) is 5.92 Å². The predicted octanol–water partition coefficient (Wildman–Crippen LogP) is 3.40. The molecule has 4 nitrogen and oxygen atoms in total. The molecular formula is C17H18O4. The van der Waals surface area contributed by atoms with Crippen molar-refractivity contribution in [2.24, 2.45) is 0 Å². The van der Waals surface area contributed by atoms with Crippen LogP contribution in [0.15, 0.2) is 42.5 Å². The lowest BCUT2D eigenvalue weighted by molar-refractivity contribution is -0.188. The highest BCUT2D eigenvalue weighted by molar-refractivity contribution is 5.86. The lowest BCUT2D eigenvalue weighted by atomic mass is 9.94. The molecule has 0 aliphatic rings. The predicted molar refractivity (Wildman–Crippen MR) is 79.7 cm³/mol. The Hall–Kier alpha value is -2.36. The van der Waals surface area contributed by atoms with Crippen LogP contribution in [0.1, 0.15) is 32.3 Å². The minimum absolute atomic E-state index is 0.260. The fourth-order valence-corrected chi connectivity index (χ4v) is 2.35. The zero-order valence-corrected chi connectivity index (χ0v) is 12.3. The van der Waals surface area contributed by atoms with E-state index in [4.69, 9.17) is 9.47 Å². The fourth-order valence-electron chi connectivity index (χ4n) is 2.35. The highest BCUT2D eigenvalue weighted by Gasteiger charge is 2.26. The Labute approximate surface area is 123 Å². The minimum atomic E-state index is -0.925. The van der Waals surface area contributed by atoms with Gasteiger partial charge in [-0.2, -0.15) is 0 Å². The number of rotatable bonds is 4. The first kappa shape index (κ1) is 15.0. The van der Waals surface area contributed by atoms with Crippen LogP contribution in [0.4, 0.5) is 0 Å². The molecule has 110 valence electrons. The van der Waals surface area contributed by atoms with Crippen LogP contribution in [0.3, 0.4) is 0 Å². The van der Waals surface area contributed by atoms with Gasteiger partial charge in [0.25, 0.3) is 6.29 Å². The molecule has 0 amide bonds. The number of benzene rings is 2. The van der Waals surface area contributed by atoms with E-state index in [1.165, 1.54) is 13.8 Å². The van der Waals surface area contributed by atoms with Crippen molar-refractivity contribution in [3.8, 4) is 0 Å². The fraction of sp³-hybridized carbons (Fsp3) is 0.294. The van der Waals surface area contributed by atoms with E-state index in [0.29, 0.717) is 0 Å². The lowest BCUT2D eigenvalue weighted by Gasteiger charge is -2.24. The van der Waals surface area contributed by atoms with Crippen LogP contribution in [0.5, 0.6) is 0 Å². The monoisotopic (exact) mass is 286 g/mol. The molecule has 0 N–H and O–H groups in total. The Balaban J connectivity index is 2.40. The molecular weight excluding hydrogens is 268 g/mol. The molecule has 0 fully saturated rings. The van der Waals surface area contributed by atoms with Crippen LogP contribution in [0.2, 0.25) is 0 Å². The molecule has 2 aromatic rings. The minimum Gasteiger partial charge on any atom is -0.425 e. The maximum Gasteiger partial charge on any atom is 0.305 e. The number of hydrogen-bond donors (Lipinski definition) is 0. The number of ether oxygens (including phenoxy) is 2. The second-order valence-corrected chi connectivity index (χ2v) is 4.94. The molecule has 0 aromatic heterocycles. The van der Waals surface area contributed by atoms with Crippen molar-refractivity contribution < 1.29 is 19.1 Å². The van der Waals surface area contributed by atoms with E-state index in [2.05, 4.69) is 0 Å². The maximum absolute atomic E-state index is 11.2. The smallest absolute Gasteiger partial charge is 0.305 e. The number of hydrogen-bond acceptors (Lipinski definition) is 4. The molecule has 1 unspecified atom stereocenters. The zero-order valence-electron chi connectivity index (χ0n) is 12.3. The third-order valence-corrected chi connectivity index (χ3v) is 3.29. The van der Waals surface area contributed by atoms with E-state index in [1.54, 1.807) is 0 Å². The van der Waals surface area contributed by atoms with E-state index in [1.807, 2.05) is 49.4 Å². The molecule has 0 bridgehead atoms. The Kier molecular flexibility index (Phi) is 4.58. The Bertz CT molecular complexity index is 641. The van der Waals surface area contributed by atoms with Crippen LogP contribution in [0.25, 0.3) is 10.8 Å². The molecule has 2 rings (SSSR count). The normalized spacial score (nSPS) is 12.2. The van der Waals surface area contributed by atoms with Crippen LogP contribution in [0, 0.1) is 0 Å². The molecule has 0 radical (unpaired) electrons. The van der Waals surface area contributed by atoms with Crippen molar-refractivity contribution in [3.05, 3.63) is 48.0 Å². The third-order valence-electron chi connectivity index (χ3n) is 3.29. The second-order valence-electron chi connectivity index (χ2n) is 4.94. The van der Waals surface area contributed by atoms with Crippen molar-refractivity contribution in [3.63, 3.8) is 0 Å². The highest BCUT2D eigenvalue weighted by Crippen LogP contribution is 2.29. The number of esters is 2. The largest absolute Gasteiger partial charge is 0.425 e. The van der Waals surface area contributed by atoms with Gasteiger partial charge in [0, 0.05) is 13.8 Å². The second kappa shape index (κ2) is 6.39. The Morgan fingerprint density at radius 3 is 2.10 bits per heavy atom. The van der Waals surface area contributed by atoms with Crippen molar-refractivity contribution in [1.82, 2.24) is 0 Å². The van der Waals surface area contributed by atoms with Gasteiger partial charge in [0.2, 0.25) is 0 Å². The summed E-state index contributed by atoms with van der Waals surface area (Å²) in [6.45, 7) is 4.47. The molecule has 0 aliphatic heterocycles. The Morgan fingerprint density at radius 2 is 1.48 bits per heavy atom. The summed E-state index contributed by atoms with van der Waals surface area (Å²) in [6, 6.07) is 13.8. The molecule has 2 aromatic carbocycles. The number of carbonyl (C=O) groups excluding carboxylic acids is 2. The van der Waals surface area contributed by atoms with Crippen LogP contribution >= 0.6 is 0 Å². The van der Waals surface area contributed by atoms with Crippen molar-refractivity contribution in [1.29, 1.82) is 0 Å². The molecule has 0 saturated carbocycles. The standard InChI is InChI=1S/C17H18O4/c1-11(17(20-12(2)18)21-13(3)19)15-10-6-8-14-7-4-5-9-16(14)15/h4-11,17H,1-3H3. The molecule has 0 heterocycles. The van der Waals surface area contributed by atoms with Crippen LogP contribution < -0.4 is 0 Å². The summed E-state index contributed by atoms with van der Waals surface area (Å²) in [4.78, 5) is 22.4. The van der Waals surface area contributed by atoms with Crippen LogP contribution in [-0.2, 0) is 19.1 Å². The first-order chi connectivity index (χ1) is 9.99. The summed E-state index contributed by atoms with van der Waals surface area (Å²) in [6.07, 6.45) is -0.925. The number of fused-ring (bicyclic) bond motifs is 1. The zero-order chi connectivity index (χ0) is 15.4. The van der Waals surface area contributed by atoms with Gasteiger partial charge in [-0.3, -0.25) is 9.59 Å². The summed E-state index contributed by atoms with van der Waals surface area (Å²) < 4.78 is 10.3. The number of carbonyl (C=O) groups is 2. The van der Waals surface area contributed by atoms with E-state index in [0.717, 1.165) is 16.3 Å². The summed E-state index contributed by atoms with van der Waals surface area (Å²) in [5.74, 6) is -1.22. The molecule has 4 heteroatoms. The van der Waals surface area contributed by atoms with Crippen LogP contribution in [-0.4, -0.2) is 18.2 Å². The van der Waals surface area contributed by atoms with Crippen molar-refractivity contribution >= 4 is 22.7 Å². The summed E-state index contributed by atoms with van der Waals surface area (Å²) in [5, 5.41) is 2.14. The molecule has 0 aliphatic carbocycles. The Morgan fingerprint density at radius 1 is 0.905 bits per heavy atom. The first-order valence-electron chi connectivity index (χ1n) is 6.81. The summed E-state index contributed by atoms with van der Waals surface area (Å²) in [5.41, 5.74) is 0.973. The van der Waals surface area contributed by atoms with Gasteiger partial charge in [-0.1, -0.05) is 49.4 Å². The average Bonchev–Trinajstić information content (AvgIpc) is 2.44. The first-order valence-corrected chi connectivity index (χ1v) is 6.81. The quantitative estimate of drug-likeness (QED) is 0.638. The molecule has 21 heavy (non-hydrogen) atoms. The maximum atomic E-state index is 11.2. The van der Waals surface area contributed by atoms with E-state index < -0.39 is 18.2 Å². The lowest BCUT2D eigenvalue weighted by Crippen LogP contribution is -2.28. The van der Waals surface area contributed by atoms with E-state index in [9.17, 15) is 9.59 Å². The molecule has 0 saturated heterocycles. The van der Waals surface area contributed by atoms with Gasteiger partial charge in [-0.05, 0) is 16.3 Å². The van der Waals surface area contributed by atoms with E-state index in [-0.39, 0.29) is 5.92 Å². The molecule has 0 spiro atoms. The molecule has 1 atom stereocenters. The third kappa shape index (κ3) is 3.60. The SMILES string of the molecule is CC(=O)OC(OC(C)=O)C(C)c1cccc2ccccc12. The van der Waals surface area contributed by atoms with Gasteiger partial charge in [0.1, 0.15) is 0 Å². The van der Waals surface area contributed by atoms with Gasteiger partial charge in [-0.15, -0.1) is 0 Å². The van der Waals surface area contributed by atoms with Crippen molar-refractivity contribution in [2.45, 2.75) is 33.0 Å². The van der Waals surface area contributed by atoms with Gasteiger partial charge in [-0.25, -0.2) is 0 Å². The summed E-state index contributed by atoms with van der Waals surface area (Å²) in [7, 11) is 0.